The van der Waals surface area contributed by atoms with Crippen LogP contribution in [0.25, 0.3) is 11.0 Å². The lowest BCUT2D eigenvalue weighted by molar-refractivity contribution is -0.142. The number of carbonyl (C=O) groups is 1. The number of hydrogen-bond donors (Lipinski definition) is 1. The fraction of sp³-hybridized carbons (Fsp3) is 0.385. The molecule has 0 aliphatic carbocycles. The first kappa shape index (κ1) is 13.8. The average molecular weight is 282 g/mol. The van der Waals surface area contributed by atoms with Crippen LogP contribution in [-0.4, -0.2) is 38.6 Å². The highest BCUT2D eigenvalue weighted by molar-refractivity contribution is 6.31. The summed E-state index contributed by atoms with van der Waals surface area (Å²) < 4.78 is 1.96. The first-order chi connectivity index (χ1) is 8.90. The Labute approximate surface area is 116 Å². The van der Waals surface area contributed by atoms with Crippen LogP contribution in [-0.2, 0) is 18.4 Å². The number of likely N-dealkylation sites (N-methyl/N-ethyl adjacent to an activating group) is 1. The Bertz CT molecular complexity index is 624. The Hall–Kier alpha value is -1.59. The molecular weight excluding hydrogens is 266 g/mol. The van der Waals surface area contributed by atoms with Crippen molar-refractivity contribution >= 4 is 28.6 Å². The molecule has 0 radical (unpaired) electrons. The van der Waals surface area contributed by atoms with E-state index in [2.05, 4.69) is 4.98 Å². The molecule has 1 atom stereocenters. The molecule has 2 aromatic rings. The Balaban J connectivity index is 2.31. The predicted molar refractivity (Wildman–Crippen MR) is 74.3 cm³/mol. The molecule has 6 heteroatoms. The molecule has 19 heavy (non-hydrogen) atoms. The normalized spacial score (nSPS) is 13.1. The topological polar surface area (TPSA) is 58.4 Å². The molecule has 102 valence electrons. The van der Waals surface area contributed by atoms with Crippen molar-refractivity contribution in [2.24, 2.45) is 7.05 Å². The minimum Gasteiger partial charge on any atom is -0.480 e. The van der Waals surface area contributed by atoms with Crippen molar-refractivity contribution in [3.63, 3.8) is 0 Å². The Morgan fingerprint density at radius 2 is 2.26 bits per heavy atom. The van der Waals surface area contributed by atoms with Gasteiger partial charge in [0, 0.05) is 12.1 Å². The van der Waals surface area contributed by atoms with E-state index in [1.165, 1.54) is 0 Å². The molecule has 1 unspecified atom stereocenters. The molecule has 1 heterocycles. The second-order valence-corrected chi connectivity index (χ2v) is 5.09. The van der Waals surface area contributed by atoms with Crippen molar-refractivity contribution in [2.75, 3.05) is 7.05 Å². The zero-order valence-corrected chi connectivity index (χ0v) is 11.8. The molecule has 1 aromatic carbocycles. The first-order valence-corrected chi connectivity index (χ1v) is 6.32. The van der Waals surface area contributed by atoms with Gasteiger partial charge in [-0.2, -0.15) is 0 Å². The maximum Gasteiger partial charge on any atom is 0.320 e. The highest BCUT2D eigenvalue weighted by Crippen LogP contribution is 2.20. The second-order valence-electron chi connectivity index (χ2n) is 4.65. The van der Waals surface area contributed by atoms with Crippen molar-refractivity contribution in [2.45, 2.75) is 19.5 Å². The van der Waals surface area contributed by atoms with Crippen LogP contribution in [0, 0.1) is 0 Å². The lowest BCUT2D eigenvalue weighted by Gasteiger charge is -2.20. The number of benzene rings is 1. The molecule has 0 fully saturated rings. The lowest BCUT2D eigenvalue weighted by Crippen LogP contribution is -2.35. The number of rotatable bonds is 4. The maximum absolute atomic E-state index is 10.9. The van der Waals surface area contributed by atoms with Crippen LogP contribution >= 0.6 is 11.6 Å². The van der Waals surface area contributed by atoms with Gasteiger partial charge in [0.05, 0.1) is 17.6 Å². The van der Waals surface area contributed by atoms with Gasteiger partial charge in [-0.3, -0.25) is 9.69 Å². The second kappa shape index (κ2) is 5.19. The van der Waals surface area contributed by atoms with Gasteiger partial charge in [0.2, 0.25) is 0 Å². The molecule has 0 spiro atoms. The molecular formula is C13H16ClN3O2. The molecule has 0 saturated carbocycles. The zero-order chi connectivity index (χ0) is 14.2. The third-order valence-electron chi connectivity index (χ3n) is 3.34. The fourth-order valence-corrected chi connectivity index (χ4v) is 2.08. The van der Waals surface area contributed by atoms with E-state index >= 15 is 0 Å². The number of imidazole rings is 1. The van der Waals surface area contributed by atoms with E-state index in [0.29, 0.717) is 11.6 Å². The number of fused-ring (bicyclic) bond motifs is 1. The number of aliphatic carboxylic acids is 1. The summed E-state index contributed by atoms with van der Waals surface area (Å²) in [6.45, 7) is 2.12. The summed E-state index contributed by atoms with van der Waals surface area (Å²) in [7, 11) is 3.68. The van der Waals surface area contributed by atoms with Crippen LogP contribution in [0.5, 0.6) is 0 Å². The quantitative estimate of drug-likeness (QED) is 0.933. The minimum atomic E-state index is -0.843. The van der Waals surface area contributed by atoms with Gasteiger partial charge in [0.25, 0.3) is 0 Å². The predicted octanol–water partition coefficient (Wildman–Crippen LogP) is 2.13. The van der Waals surface area contributed by atoms with Gasteiger partial charge in [-0.1, -0.05) is 11.6 Å². The number of aromatic nitrogens is 2. The molecule has 0 amide bonds. The number of nitrogens with zero attached hydrogens (tertiary/aromatic N) is 3. The molecule has 2 rings (SSSR count). The molecule has 0 bridgehead atoms. The summed E-state index contributed by atoms with van der Waals surface area (Å²) in [4.78, 5) is 17.2. The molecule has 0 aliphatic rings. The first-order valence-electron chi connectivity index (χ1n) is 5.94. The number of aryl methyl sites for hydroxylation is 1. The van der Waals surface area contributed by atoms with E-state index in [-0.39, 0.29) is 0 Å². The summed E-state index contributed by atoms with van der Waals surface area (Å²) in [6, 6.07) is 4.98. The standard InChI is InChI=1S/C13H16ClN3O2/c1-8(13(18)19)16(2)7-12-15-10-6-9(14)4-5-11(10)17(12)3/h4-6,8H,7H2,1-3H3,(H,18,19). The van der Waals surface area contributed by atoms with E-state index in [1.54, 1.807) is 24.9 Å². The van der Waals surface area contributed by atoms with Gasteiger partial charge in [0.15, 0.2) is 0 Å². The average Bonchev–Trinajstić information content (AvgIpc) is 2.64. The summed E-state index contributed by atoms with van der Waals surface area (Å²) >= 11 is 5.94. The SMILES string of the molecule is CC(C(=O)O)N(C)Cc1nc2cc(Cl)ccc2n1C. The van der Waals surface area contributed by atoms with Crippen LogP contribution in [0.1, 0.15) is 12.7 Å². The van der Waals surface area contributed by atoms with Gasteiger partial charge in [0.1, 0.15) is 11.9 Å². The van der Waals surface area contributed by atoms with Gasteiger partial charge >= 0.3 is 5.97 Å². The van der Waals surface area contributed by atoms with Gasteiger partial charge in [-0.25, -0.2) is 4.98 Å². The highest BCUT2D eigenvalue weighted by atomic mass is 35.5. The molecule has 0 aliphatic heterocycles. The monoisotopic (exact) mass is 281 g/mol. The van der Waals surface area contributed by atoms with Crippen molar-refractivity contribution in [3.8, 4) is 0 Å². The smallest absolute Gasteiger partial charge is 0.320 e. The van der Waals surface area contributed by atoms with Gasteiger partial charge in [-0.15, -0.1) is 0 Å². The third-order valence-corrected chi connectivity index (χ3v) is 3.58. The van der Waals surface area contributed by atoms with E-state index < -0.39 is 12.0 Å². The molecule has 1 N–H and O–H groups in total. The van der Waals surface area contributed by atoms with E-state index in [4.69, 9.17) is 16.7 Å². The van der Waals surface area contributed by atoms with Crippen LogP contribution in [0.2, 0.25) is 5.02 Å². The number of carboxylic acid groups (broad SMARTS) is 1. The van der Waals surface area contributed by atoms with Crippen LogP contribution < -0.4 is 0 Å². The molecule has 0 saturated heterocycles. The van der Waals surface area contributed by atoms with Crippen LogP contribution in [0.4, 0.5) is 0 Å². The van der Waals surface area contributed by atoms with Crippen molar-refractivity contribution < 1.29 is 9.90 Å². The summed E-state index contributed by atoms with van der Waals surface area (Å²) in [5.41, 5.74) is 1.80. The summed E-state index contributed by atoms with van der Waals surface area (Å²) in [5, 5.41) is 9.63. The fourth-order valence-electron chi connectivity index (χ4n) is 1.91. The zero-order valence-electron chi connectivity index (χ0n) is 11.1. The van der Waals surface area contributed by atoms with E-state index in [0.717, 1.165) is 16.9 Å². The Morgan fingerprint density at radius 3 is 2.89 bits per heavy atom. The highest BCUT2D eigenvalue weighted by Gasteiger charge is 2.19. The van der Waals surface area contributed by atoms with Crippen LogP contribution in [0.15, 0.2) is 18.2 Å². The Morgan fingerprint density at radius 1 is 1.58 bits per heavy atom. The van der Waals surface area contributed by atoms with Crippen molar-refractivity contribution in [1.29, 1.82) is 0 Å². The largest absolute Gasteiger partial charge is 0.480 e. The molecule has 5 nitrogen and oxygen atoms in total. The van der Waals surface area contributed by atoms with Crippen LogP contribution in [0.3, 0.4) is 0 Å². The van der Waals surface area contributed by atoms with E-state index in [1.807, 2.05) is 23.7 Å². The summed E-state index contributed by atoms with van der Waals surface area (Å²) in [5.74, 6) is -0.0304. The third kappa shape index (κ3) is 2.72. The number of carboxylic acids is 1. The molecule has 1 aromatic heterocycles. The van der Waals surface area contributed by atoms with E-state index in [9.17, 15) is 4.79 Å². The van der Waals surface area contributed by atoms with Gasteiger partial charge in [-0.05, 0) is 32.2 Å². The van der Waals surface area contributed by atoms with Crippen molar-refractivity contribution in [1.82, 2.24) is 14.5 Å². The Kier molecular flexibility index (Phi) is 3.78. The number of halogens is 1. The lowest BCUT2D eigenvalue weighted by atomic mass is 10.3. The maximum atomic E-state index is 10.9. The van der Waals surface area contributed by atoms with Crippen molar-refractivity contribution in [3.05, 3.63) is 29.0 Å². The van der Waals surface area contributed by atoms with Gasteiger partial charge < -0.3 is 9.67 Å². The summed E-state index contributed by atoms with van der Waals surface area (Å²) in [6.07, 6.45) is 0. The number of hydrogen-bond acceptors (Lipinski definition) is 3. The minimum absolute atomic E-state index is 0.469.